The van der Waals surface area contributed by atoms with Crippen molar-refractivity contribution in [3.8, 4) is 0 Å². The summed E-state index contributed by atoms with van der Waals surface area (Å²) < 4.78 is 5.80. The molecule has 0 N–H and O–H groups in total. The molecule has 0 aromatic rings. The summed E-state index contributed by atoms with van der Waals surface area (Å²) in [6, 6.07) is 0.598. The van der Waals surface area contributed by atoms with Crippen molar-refractivity contribution in [1.82, 2.24) is 9.80 Å². The lowest BCUT2D eigenvalue weighted by molar-refractivity contribution is -0.130. The molecule has 2 aliphatic carbocycles. The number of carbonyl (C=O) groups excluding carboxylic acids is 1. The average molecular weight is 347 g/mol. The molecule has 25 heavy (non-hydrogen) atoms. The first-order valence-electron chi connectivity index (χ1n) is 10.5. The molecule has 4 rings (SSSR count). The van der Waals surface area contributed by atoms with Gasteiger partial charge in [0.2, 0.25) is 5.91 Å². The number of hydrogen-bond donors (Lipinski definition) is 0. The van der Waals surface area contributed by atoms with Crippen LogP contribution in [0, 0.1) is 5.92 Å². The van der Waals surface area contributed by atoms with Gasteiger partial charge in [-0.15, -0.1) is 0 Å². The highest BCUT2D eigenvalue weighted by Gasteiger charge is 2.49. The lowest BCUT2D eigenvalue weighted by Crippen LogP contribution is -2.56. The van der Waals surface area contributed by atoms with Crippen LogP contribution in [0.15, 0.2) is 11.6 Å². The first-order chi connectivity index (χ1) is 12.2. The number of amides is 1. The van der Waals surface area contributed by atoms with Crippen molar-refractivity contribution >= 4 is 5.91 Å². The fourth-order valence-corrected chi connectivity index (χ4v) is 5.20. The largest absolute Gasteiger partial charge is 0.380 e. The van der Waals surface area contributed by atoms with Crippen molar-refractivity contribution in [3.63, 3.8) is 0 Å². The monoisotopic (exact) mass is 346 g/mol. The highest BCUT2D eigenvalue weighted by molar-refractivity contribution is 5.93. The smallest absolute Gasteiger partial charge is 0.249 e. The molecule has 1 saturated carbocycles. The van der Waals surface area contributed by atoms with Gasteiger partial charge in [-0.1, -0.05) is 6.08 Å². The van der Waals surface area contributed by atoms with Gasteiger partial charge in [-0.25, -0.2) is 0 Å². The van der Waals surface area contributed by atoms with Gasteiger partial charge in [-0.05, 0) is 70.6 Å². The zero-order chi connectivity index (χ0) is 17.3. The third-order valence-electron chi connectivity index (χ3n) is 6.96. The van der Waals surface area contributed by atoms with Crippen LogP contribution in [0.1, 0.15) is 64.7 Å². The van der Waals surface area contributed by atoms with Crippen molar-refractivity contribution in [1.29, 1.82) is 0 Å². The van der Waals surface area contributed by atoms with Crippen LogP contribution in [-0.4, -0.2) is 60.1 Å². The molecule has 4 aliphatic rings. The number of nitrogens with zero attached hydrogens (tertiary/aromatic N) is 2. The zero-order valence-corrected chi connectivity index (χ0v) is 15.8. The first-order valence-corrected chi connectivity index (χ1v) is 10.5. The topological polar surface area (TPSA) is 32.8 Å². The standard InChI is InChI=1S/C21H34N2O2/c1-2-25-16-19-9-10-21(23(19)15-17-7-8-17)11-13-22(14-12-21)20(24)18-5-3-4-6-18/h5,17,19H,2-4,6-16H2,1H3. The molecule has 1 atom stereocenters. The summed E-state index contributed by atoms with van der Waals surface area (Å²) >= 11 is 0. The van der Waals surface area contributed by atoms with Crippen LogP contribution in [0.2, 0.25) is 0 Å². The minimum atomic E-state index is 0.324. The van der Waals surface area contributed by atoms with Gasteiger partial charge in [0.25, 0.3) is 0 Å². The van der Waals surface area contributed by atoms with E-state index in [1.165, 1.54) is 32.2 Å². The maximum Gasteiger partial charge on any atom is 0.249 e. The predicted octanol–water partition coefficient (Wildman–Crippen LogP) is 3.37. The number of likely N-dealkylation sites (tertiary alicyclic amines) is 2. The summed E-state index contributed by atoms with van der Waals surface area (Å²) in [4.78, 5) is 17.7. The van der Waals surface area contributed by atoms with E-state index in [9.17, 15) is 4.79 Å². The number of allylic oxidation sites excluding steroid dienone is 1. The van der Waals surface area contributed by atoms with Gasteiger partial charge >= 0.3 is 0 Å². The maximum absolute atomic E-state index is 12.7. The lowest BCUT2D eigenvalue weighted by Gasteiger charge is -2.47. The molecular formula is C21H34N2O2. The van der Waals surface area contributed by atoms with E-state index >= 15 is 0 Å². The Balaban J connectivity index is 1.40. The molecule has 0 radical (unpaired) electrons. The summed E-state index contributed by atoms with van der Waals surface area (Å²) in [5.41, 5.74) is 1.41. The average Bonchev–Trinajstić information content (AvgIpc) is 3.17. The van der Waals surface area contributed by atoms with E-state index in [0.29, 0.717) is 17.5 Å². The van der Waals surface area contributed by atoms with E-state index in [2.05, 4.69) is 22.8 Å². The van der Waals surface area contributed by atoms with Crippen molar-refractivity contribution in [2.45, 2.75) is 76.3 Å². The Hall–Kier alpha value is -0.870. The van der Waals surface area contributed by atoms with E-state index in [1.807, 2.05) is 0 Å². The Morgan fingerprint density at radius 3 is 2.68 bits per heavy atom. The predicted molar refractivity (Wildman–Crippen MR) is 99.4 cm³/mol. The van der Waals surface area contributed by atoms with Crippen molar-refractivity contribution in [2.24, 2.45) is 5.92 Å². The fraction of sp³-hybridized carbons (Fsp3) is 0.857. The SMILES string of the molecule is CCOCC1CCC2(CCN(C(=O)C3=CCCC3)CC2)N1CC1CC1. The van der Waals surface area contributed by atoms with Crippen molar-refractivity contribution in [3.05, 3.63) is 11.6 Å². The molecule has 0 aromatic heterocycles. The number of piperidine rings is 1. The summed E-state index contributed by atoms with van der Waals surface area (Å²) in [6.45, 7) is 6.95. The number of hydrogen-bond acceptors (Lipinski definition) is 3. The maximum atomic E-state index is 12.7. The van der Waals surface area contributed by atoms with Gasteiger partial charge < -0.3 is 9.64 Å². The van der Waals surface area contributed by atoms with E-state index in [0.717, 1.165) is 69.9 Å². The highest BCUT2D eigenvalue weighted by Crippen LogP contribution is 2.45. The Morgan fingerprint density at radius 1 is 1.24 bits per heavy atom. The van der Waals surface area contributed by atoms with Crippen LogP contribution in [0.25, 0.3) is 0 Å². The highest BCUT2D eigenvalue weighted by atomic mass is 16.5. The van der Waals surface area contributed by atoms with Gasteiger partial charge in [-0.3, -0.25) is 9.69 Å². The molecule has 3 fully saturated rings. The van der Waals surface area contributed by atoms with Crippen molar-refractivity contribution in [2.75, 3.05) is 32.8 Å². The van der Waals surface area contributed by atoms with Gasteiger partial charge in [0.1, 0.15) is 0 Å². The normalized spacial score (nSPS) is 29.4. The van der Waals surface area contributed by atoms with E-state index in [4.69, 9.17) is 4.74 Å². The van der Waals surface area contributed by atoms with E-state index < -0.39 is 0 Å². The third kappa shape index (κ3) is 3.66. The third-order valence-corrected chi connectivity index (χ3v) is 6.96. The van der Waals surface area contributed by atoms with Crippen LogP contribution < -0.4 is 0 Å². The van der Waals surface area contributed by atoms with Gasteiger partial charge in [0.05, 0.1) is 6.61 Å². The first kappa shape index (κ1) is 17.5. The number of ether oxygens (including phenoxy) is 1. The molecule has 1 unspecified atom stereocenters. The minimum Gasteiger partial charge on any atom is -0.380 e. The van der Waals surface area contributed by atoms with Crippen LogP contribution >= 0.6 is 0 Å². The molecule has 1 spiro atoms. The Kier molecular flexibility index (Phi) is 5.19. The number of carbonyl (C=O) groups is 1. The summed E-state index contributed by atoms with van der Waals surface area (Å²) in [7, 11) is 0. The van der Waals surface area contributed by atoms with Gasteiger partial charge in [-0.2, -0.15) is 0 Å². The second-order valence-electron chi connectivity index (χ2n) is 8.59. The molecule has 1 amide bonds. The Bertz CT molecular complexity index is 518. The van der Waals surface area contributed by atoms with Crippen LogP contribution in [0.4, 0.5) is 0 Å². The second kappa shape index (κ2) is 7.40. The van der Waals surface area contributed by atoms with Crippen LogP contribution in [0.5, 0.6) is 0 Å². The Morgan fingerprint density at radius 2 is 2.04 bits per heavy atom. The van der Waals surface area contributed by atoms with Crippen LogP contribution in [0.3, 0.4) is 0 Å². The summed E-state index contributed by atoms with van der Waals surface area (Å²) in [5, 5.41) is 0. The molecule has 2 aliphatic heterocycles. The van der Waals surface area contributed by atoms with Gasteiger partial charge in [0.15, 0.2) is 0 Å². The number of rotatable bonds is 6. The van der Waals surface area contributed by atoms with E-state index in [1.54, 1.807) is 0 Å². The zero-order valence-electron chi connectivity index (χ0n) is 15.8. The Labute approximate surface area is 152 Å². The fourth-order valence-electron chi connectivity index (χ4n) is 5.20. The molecule has 2 heterocycles. The molecular weight excluding hydrogens is 312 g/mol. The molecule has 0 bridgehead atoms. The minimum absolute atomic E-state index is 0.324. The molecule has 2 saturated heterocycles. The summed E-state index contributed by atoms with van der Waals surface area (Å²) in [6.07, 6.45) is 13.1. The van der Waals surface area contributed by atoms with Crippen molar-refractivity contribution < 1.29 is 9.53 Å². The van der Waals surface area contributed by atoms with Gasteiger partial charge in [0, 0.05) is 43.4 Å². The molecule has 4 heteroatoms. The summed E-state index contributed by atoms with van der Waals surface area (Å²) in [5.74, 6) is 1.24. The van der Waals surface area contributed by atoms with Crippen LogP contribution in [-0.2, 0) is 9.53 Å². The lowest BCUT2D eigenvalue weighted by atomic mass is 9.84. The quantitative estimate of drug-likeness (QED) is 0.739. The molecule has 0 aromatic carbocycles. The molecule has 4 nitrogen and oxygen atoms in total. The van der Waals surface area contributed by atoms with E-state index in [-0.39, 0.29) is 0 Å². The molecule has 140 valence electrons. The second-order valence-corrected chi connectivity index (χ2v) is 8.59.